The molecule has 0 fully saturated rings. The molecule has 0 bridgehead atoms. The van der Waals surface area contributed by atoms with Crippen LogP contribution in [0.3, 0.4) is 0 Å². The maximum absolute atomic E-state index is 12.7. The number of amides is 1. The molecule has 1 amide bonds. The molecule has 0 saturated heterocycles. The minimum absolute atomic E-state index is 0.183. The normalized spacial score (nSPS) is 12.3. The molecule has 1 aromatic carbocycles. The van der Waals surface area contributed by atoms with Crippen molar-refractivity contribution in [3.8, 4) is 0 Å². The predicted octanol–water partition coefficient (Wildman–Crippen LogP) is 4.00. The lowest BCUT2D eigenvalue weighted by Crippen LogP contribution is -2.45. The van der Waals surface area contributed by atoms with E-state index in [2.05, 4.69) is 31.2 Å². The number of halogens is 2. The van der Waals surface area contributed by atoms with Gasteiger partial charge < -0.3 is 11.1 Å². The first-order valence-electron chi connectivity index (χ1n) is 8.46. The van der Waals surface area contributed by atoms with Crippen molar-refractivity contribution >= 4 is 29.1 Å². The van der Waals surface area contributed by atoms with Crippen molar-refractivity contribution in [1.82, 2.24) is 15.1 Å². The Kier molecular flexibility index (Phi) is 6.06. The van der Waals surface area contributed by atoms with Crippen molar-refractivity contribution in [1.29, 1.82) is 0 Å². The number of aromatic nitrogens is 2. The summed E-state index contributed by atoms with van der Waals surface area (Å²) in [7, 11) is 0. The summed E-state index contributed by atoms with van der Waals surface area (Å²) in [6.45, 7) is 10.6. The Morgan fingerprint density at radius 2 is 1.85 bits per heavy atom. The lowest BCUT2D eigenvalue weighted by Gasteiger charge is -2.19. The summed E-state index contributed by atoms with van der Waals surface area (Å²) in [5.41, 5.74) is 7.44. The fourth-order valence-corrected chi connectivity index (χ4v) is 2.76. The molecule has 26 heavy (non-hydrogen) atoms. The number of benzene rings is 1. The van der Waals surface area contributed by atoms with Crippen molar-refractivity contribution in [2.24, 2.45) is 5.73 Å². The first-order valence-corrected chi connectivity index (χ1v) is 9.22. The van der Waals surface area contributed by atoms with Gasteiger partial charge in [0.1, 0.15) is 5.69 Å². The molecule has 0 aliphatic carbocycles. The van der Waals surface area contributed by atoms with Gasteiger partial charge in [0.2, 0.25) is 0 Å². The van der Waals surface area contributed by atoms with E-state index in [1.54, 1.807) is 16.8 Å². The van der Waals surface area contributed by atoms with Crippen LogP contribution in [0.1, 0.15) is 56.4 Å². The molecule has 0 spiro atoms. The number of hydrogen-bond donors (Lipinski definition) is 2. The van der Waals surface area contributed by atoms with Gasteiger partial charge in [-0.15, -0.1) is 0 Å². The molecular formula is C19H26Cl2N4O. The Morgan fingerprint density at radius 1 is 1.19 bits per heavy atom. The zero-order valence-electron chi connectivity index (χ0n) is 15.9. The Bertz CT molecular complexity index is 801. The second-order valence-electron chi connectivity index (χ2n) is 8.23. The van der Waals surface area contributed by atoms with Crippen molar-refractivity contribution in [2.45, 2.75) is 52.1 Å². The molecule has 0 atom stereocenters. The molecule has 2 aromatic rings. The largest absolute Gasteiger partial charge is 0.349 e. The third kappa shape index (κ3) is 5.47. The number of nitrogens with two attached hydrogens (primary N) is 1. The van der Waals surface area contributed by atoms with E-state index in [1.165, 1.54) is 0 Å². The van der Waals surface area contributed by atoms with Crippen molar-refractivity contribution in [3.05, 3.63) is 51.3 Å². The molecule has 0 unspecified atom stereocenters. The standard InChI is InChI=1S/C19H26Cl2N4O/c1-18(2,3)16-9-15(17(26)23-11-19(4,5)22)25(24-16)10-12-6-7-13(20)8-14(12)21/h6-9H,10-11,22H2,1-5H3,(H,23,26). The molecule has 142 valence electrons. The van der Waals surface area contributed by atoms with Crippen LogP contribution in [0.5, 0.6) is 0 Å². The number of nitrogens with one attached hydrogen (secondary N) is 1. The predicted molar refractivity (Wildman–Crippen MR) is 107 cm³/mol. The van der Waals surface area contributed by atoms with Gasteiger partial charge >= 0.3 is 0 Å². The Hall–Kier alpha value is -1.56. The molecule has 5 nitrogen and oxygen atoms in total. The molecule has 3 N–H and O–H groups in total. The number of carbonyl (C=O) groups excluding carboxylic acids is 1. The summed E-state index contributed by atoms with van der Waals surface area (Å²) < 4.78 is 1.68. The van der Waals surface area contributed by atoms with Gasteiger partial charge in [-0.2, -0.15) is 5.10 Å². The molecule has 1 aromatic heterocycles. The summed E-state index contributed by atoms with van der Waals surface area (Å²) in [5.74, 6) is -0.211. The van der Waals surface area contributed by atoms with E-state index in [0.717, 1.165) is 11.3 Å². The molecule has 1 heterocycles. The van der Waals surface area contributed by atoms with Crippen molar-refractivity contribution in [2.75, 3.05) is 6.54 Å². The van der Waals surface area contributed by atoms with Crippen LogP contribution < -0.4 is 11.1 Å². The molecular weight excluding hydrogens is 371 g/mol. The minimum atomic E-state index is -0.493. The summed E-state index contributed by atoms with van der Waals surface area (Å²) >= 11 is 12.3. The molecule has 2 rings (SSSR count). The highest BCUT2D eigenvalue weighted by Gasteiger charge is 2.24. The molecule has 7 heteroatoms. The number of nitrogens with zero attached hydrogens (tertiary/aromatic N) is 2. The van der Waals surface area contributed by atoms with Crippen LogP contribution in [0, 0.1) is 0 Å². The van der Waals surface area contributed by atoms with Crippen LogP contribution in [0.2, 0.25) is 10.0 Å². The summed E-state index contributed by atoms with van der Waals surface area (Å²) in [6, 6.07) is 7.12. The van der Waals surface area contributed by atoms with Gasteiger partial charge in [-0.3, -0.25) is 9.48 Å². The monoisotopic (exact) mass is 396 g/mol. The van der Waals surface area contributed by atoms with Crippen LogP contribution in [-0.4, -0.2) is 27.8 Å². The van der Waals surface area contributed by atoms with Crippen molar-refractivity contribution < 1.29 is 4.79 Å². The van der Waals surface area contributed by atoms with Gasteiger partial charge in [0.15, 0.2) is 0 Å². The van der Waals surface area contributed by atoms with Gasteiger partial charge in [-0.1, -0.05) is 50.0 Å². The van der Waals surface area contributed by atoms with Gasteiger partial charge in [-0.25, -0.2) is 0 Å². The first kappa shape index (κ1) is 20.7. The smallest absolute Gasteiger partial charge is 0.269 e. The SMILES string of the molecule is CC(C)(N)CNC(=O)c1cc(C(C)(C)C)nn1Cc1ccc(Cl)cc1Cl. The Balaban J connectivity index is 2.37. The van der Waals surface area contributed by atoms with E-state index in [9.17, 15) is 4.79 Å². The third-order valence-corrected chi connectivity index (χ3v) is 4.41. The maximum Gasteiger partial charge on any atom is 0.269 e. The number of hydrogen-bond acceptors (Lipinski definition) is 3. The first-order chi connectivity index (χ1) is 11.9. The van der Waals surface area contributed by atoms with Gasteiger partial charge in [0.25, 0.3) is 5.91 Å². The molecule has 0 aliphatic heterocycles. The van der Waals surface area contributed by atoms with Crippen LogP contribution in [0.25, 0.3) is 0 Å². The second kappa shape index (κ2) is 7.59. The lowest BCUT2D eigenvalue weighted by molar-refractivity contribution is 0.0935. The van der Waals surface area contributed by atoms with E-state index in [-0.39, 0.29) is 11.3 Å². The van der Waals surface area contributed by atoms with Crippen LogP contribution in [0.4, 0.5) is 0 Å². The quantitative estimate of drug-likeness (QED) is 0.801. The average Bonchev–Trinajstić information content (AvgIpc) is 2.91. The van der Waals surface area contributed by atoms with E-state index in [4.69, 9.17) is 28.9 Å². The van der Waals surface area contributed by atoms with E-state index in [0.29, 0.717) is 28.8 Å². The average molecular weight is 397 g/mol. The van der Waals surface area contributed by atoms with E-state index >= 15 is 0 Å². The third-order valence-electron chi connectivity index (χ3n) is 3.82. The molecule has 0 saturated carbocycles. The van der Waals surface area contributed by atoms with Gasteiger partial charge in [-0.05, 0) is 37.6 Å². The zero-order chi connectivity index (χ0) is 19.7. The van der Waals surface area contributed by atoms with E-state index in [1.807, 2.05) is 26.0 Å². The highest BCUT2D eigenvalue weighted by atomic mass is 35.5. The maximum atomic E-state index is 12.7. The number of carbonyl (C=O) groups is 1. The molecule has 0 radical (unpaired) electrons. The highest BCUT2D eigenvalue weighted by molar-refractivity contribution is 6.35. The minimum Gasteiger partial charge on any atom is -0.349 e. The Morgan fingerprint density at radius 3 is 2.38 bits per heavy atom. The Labute approximate surface area is 164 Å². The summed E-state index contributed by atoms with van der Waals surface area (Å²) in [4.78, 5) is 12.7. The van der Waals surface area contributed by atoms with Gasteiger partial charge in [0, 0.05) is 27.5 Å². The summed E-state index contributed by atoms with van der Waals surface area (Å²) in [6.07, 6.45) is 0. The van der Waals surface area contributed by atoms with Crippen LogP contribution in [-0.2, 0) is 12.0 Å². The highest BCUT2D eigenvalue weighted by Crippen LogP contribution is 2.25. The topological polar surface area (TPSA) is 72.9 Å². The lowest BCUT2D eigenvalue weighted by atomic mass is 9.92. The second-order valence-corrected chi connectivity index (χ2v) is 9.07. The van der Waals surface area contributed by atoms with Gasteiger partial charge in [0.05, 0.1) is 12.2 Å². The van der Waals surface area contributed by atoms with Crippen LogP contribution >= 0.6 is 23.2 Å². The fourth-order valence-electron chi connectivity index (χ4n) is 2.30. The number of rotatable bonds is 5. The van der Waals surface area contributed by atoms with Crippen LogP contribution in [0.15, 0.2) is 24.3 Å². The fraction of sp³-hybridized carbons (Fsp3) is 0.474. The molecule has 0 aliphatic rings. The summed E-state index contributed by atoms with van der Waals surface area (Å²) in [5, 5.41) is 8.62. The zero-order valence-corrected chi connectivity index (χ0v) is 17.4. The van der Waals surface area contributed by atoms with E-state index < -0.39 is 5.54 Å². The van der Waals surface area contributed by atoms with Crippen molar-refractivity contribution in [3.63, 3.8) is 0 Å².